The molecule has 134 valence electrons. The number of aromatic nitrogens is 5. The first-order chi connectivity index (χ1) is 12.6. The van der Waals surface area contributed by atoms with E-state index in [1.165, 1.54) is 0 Å². The highest BCUT2D eigenvalue weighted by atomic mass is 16.2. The summed E-state index contributed by atoms with van der Waals surface area (Å²) in [5.41, 5.74) is 3.42. The van der Waals surface area contributed by atoms with E-state index in [9.17, 15) is 4.79 Å². The Hall–Kier alpha value is -2.90. The summed E-state index contributed by atoms with van der Waals surface area (Å²) in [6.45, 7) is 1.53. The summed E-state index contributed by atoms with van der Waals surface area (Å²) in [5, 5.41) is 11.7. The number of fused-ring (bicyclic) bond motifs is 1. The van der Waals surface area contributed by atoms with Crippen LogP contribution in [-0.2, 0) is 11.8 Å². The molecule has 3 aromatic heterocycles. The second-order valence-corrected chi connectivity index (χ2v) is 7.28. The molecule has 2 fully saturated rings. The van der Waals surface area contributed by atoms with Gasteiger partial charge in [0.15, 0.2) is 0 Å². The zero-order chi connectivity index (χ0) is 17.8. The van der Waals surface area contributed by atoms with Crippen LogP contribution in [0.4, 0.5) is 5.82 Å². The molecule has 0 spiro atoms. The van der Waals surface area contributed by atoms with E-state index in [2.05, 4.69) is 20.2 Å². The van der Waals surface area contributed by atoms with Crippen LogP contribution >= 0.6 is 0 Å². The van der Waals surface area contributed by atoms with E-state index in [0.717, 1.165) is 54.0 Å². The Bertz CT molecular complexity index is 987. The fourth-order valence-corrected chi connectivity index (χ4v) is 3.78. The third-order valence-electron chi connectivity index (χ3n) is 5.38. The number of carbonyl (C=O) groups excluding carboxylic acids is 1. The van der Waals surface area contributed by atoms with E-state index in [0.29, 0.717) is 5.92 Å². The molecular formula is C18H21N7O. The summed E-state index contributed by atoms with van der Waals surface area (Å²) in [6, 6.07) is 3.89. The van der Waals surface area contributed by atoms with Crippen molar-refractivity contribution < 1.29 is 4.79 Å². The monoisotopic (exact) mass is 351 g/mol. The number of nitrogens with zero attached hydrogens (tertiary/aromatic N) is 6. The second kappa shape index (κ2) is 5.55. The van der Waals surface area contributed by atoms with Gasteiger partial charge in [-0.05, 0) is 30.9 Å². The van der Waals surface area contributed by atoms with Crippen LogP contribution in [-0.4, -0.2) is 61.9 Å². The Kier molecular flexibility index (Phi) is 3.28. The molecule has 8 nitrogen and oxygen atoms in total. The van der Waals surface area contributed by atoms with Gasteiger partial charge in [0.2, 0.25) is 5.91 Å². The topological polar surface area (TPSA) is 82.9 Å². The molecule has 4 heterocycles. The minimum atomic E-state index is -0.0903. The molecule has 1 N–H and O–H groups in total. The van der Waals surface area contributed by atoms with Crippen LogP contribution in [0, 0.1) is 5.92 Å². The fraction of sp³-hybridized carbons (Fsp3) is 0.444. The van der Waals surface area contributed by atoms with E-state index < -0.39 is 0 Å². The minimum Gasteiger partial charge on any atom is -0.342 e. The van der Waals surface area contributed by atoms with Crippen molar-refractivity contribution in [2.45, 2.75) is 18.9 Å². The van der Waals surface area contributed by atoms with Crippen molar-refractivity contribution in [1.82, 2.24) is 29.9 Å². The highest BCUT2D eigenvalue weighted by Gasteiger charge is 2.44. The maximum Gasteiger partial charge on any atom is 0.245 e. The molecule has 1 atom stereocenters. The van der Waals surface area contributed by atoms with Crippen molar-refractivity contribution in [1.29, 1.82) is 0 Å². The Morgan fingerprint density at radius 1 is 1.19 bits per heavy atom. The molecule has 0 radical (unpaired) electrons. The van der Waals surface area contributed by atoms with Gasteiger partial charge in [0.05, 0.1) is 11.7 Å². The van der Waals surface area contributed by atoms with Crippen LogP contribution < -0.4 is 4.90 Å². The number of hydrogen-bond acceptors (Lipinski definition) is 5. The number of carbonyl (C=O) groups is 1. The van der Waals surface area contributed by atoms with E-state index in [1.807, 2.05) is 37.3 Å². The van der Waals surface area contributed by atoms with Crippen molar-refractivity contribution in [3.8, 4) is 11.3 Å². The first-order valence-corrected chi connectivity index (χ1v) is 8.97. The molecule has 1 aliphatic carbocycles. The summed E-state index contributed by atoms with van der Waals surface area (Å²) >= 11 is 0. The molecule has 1 amide bonds. The number of pyridine rings is 1. The first-order valence-electron chi connectivity index (χ1n) is 8.97. The first kappa shape index (κ1) is 15.4. The zero-order valence-corrected chi connectivity index (χ0v) is 14.9. The molecule has 8 heteroatoms. The molecular weight excluding hydrogens is 330 g/mol. The SMILES string of the molecule is CN1CCN(c2ccc3[nH]nc(-c4cnn(C)c4)c3n2)C(C2CC2)C1=O. The van der Waals surface area contributed by atoms with Crippen molar-refractivity contribution in [3.63, 3.8) is 0 Å². The Morgan fingerprint density at radius 2 is 2.04 bits per heavy atom. The number of aryl methyl sites for hydroxylation is 1. The van der Waals surface area contributed by atoms with Gasteiger partial charge in [-0.15, -0.1) is 0 Å². The van der Waals surface area contributed by atoms with Crippen molar-refractivity contribution in [3.05, 3.63) is 24.5 Å². The number of H-pyrrole nitrogens is 1. The zero-order valence-electron chi connectivity index (χ0n) is 14.9. The van der Waals surface area contributed by atoms with Crippen LogP contribution in [0.1, 0.15) is 12.8 Å². The minimum absolute atomic E-state index is 0.0903. The van der Waals surface area contributed by atoms with Gasteiger partial charge >= 0.3 is 0 Å². The lowest BCUT2D eigenvalue weighted by molar-refractivity contribution is -0.133. The molecule has 5 rings (SSSR count). The number of nitrogens with one attached hydrogen (secondary N) is 1. The molecule has 1 unspecified atom stereocenters. The average Bonchev–Trinajstić information content (AvgIpc) is 3.24. The van der Waals surface area contributed by atoms with E-state index in [1.54, 1.807) is 10.9 Å². The predicted octanol–water partition coefficient (Wildman–Crippen LogP) is 1.42. The van der Waals surface area contributed by atoms with Gasteiger partial charge < -0.3 is 9.80 Å². The number of piperazine rings is 1. The maximum atomic E-state index is 12.7. The van der Waals surface area contributed by atoms with Crippen molar-refractivity contribution in [2.24, 2.45) is 13.0 Å². The number of likely N-dealkylation sites (N-methyl/N-ethyl adjacent to an activating group) is 1. The number of hydrogen-bond donors (Lipinski definition) is 1. The Labute approximate surface area is 150 Å². The van der Waals surface area contributed by atoms with Crippen LogP contribution in [0.2, 0.25) is 0 Å². The van der Waals surface area contributed by atoms with Crippen LogP contribution in [0.3, 0.4) is 0 Å². The summed E-state index contributed by atoms with van der Waals surface area (Å²) < 4.78 is 1.75. The van der Waals surface area contributed by atoms with Gasteiger partial charge in [-0.25, -0.2) is 4.98 Å². The van der Waals surface area contributed by atoms with Gasteiger partial charge in [0, 0.05) is 38.9 Å². The standard InChI is InChI=1S/C18H21N7O/c1-23-7-8-25(17(18(23)26)11-3-4-11)14-6-5-13-16(20-14)15(22-21-13)12-9-19-24(2)10-12/h5-6,9-11,17H,3-4,7-8H2,1-2H3,(H,21,22). The van der Waals surface area contributed by atoms with E-state index >= 15 is 0 Å². The van der Waals surface area contributed by atoms with Gasteiger partial charge in [-0.3, -0.25) is 14.6 Å². The van der Waals surface area contributed by atoms with Crippen LogP contribution in [0.5, 0.6) is 0 Å². The molecule has 1 saturated carbocycles. The summed E-state index contributed by atoms with van der Waals surface area (Å²) in [5.74, 6) is 1.51. The fourth-order valence-electron chi connectivity index (χ4n) is 3.78. The Balaban J connectivity index is 1.57. The molecule has 1 saturated heterocycles. The Morgan fingerprint density at radius 3 is 2.77 bits per heavy atom. The quantitative estimate of drug-likeness (QED) is 0.771. The number of aromatic amines is 1. The van der Waals surface area contributed by atoms with Gasteiger partial charge in [0.25, 0.3) is 0 Å². The number of rotatable bonds is 3. The highest BCUT2D eigenvalue weighted by molar-refractivity contribution is 5.91. The molecule has 2 aliphatic rings. The molecule has 26 heavy (non-hydrogen) atoms. The molecule has 0 bridgehead atoms. The van der Waals surface area contributed by atoms with Crippen LogP contribution in [0.25, 0.3) is 22.3 Å². The lowest BCUT2D eigenvalue weighted by Gasteiger charge is -2.40. The largest absolute Gasteiger partial charge is 0.342 e. The summed E-state index contributed by atoms with van der Waals surface area (Å²) in [4.78, 5) is 21.6. The van der Waals surface area contributed by atoms with Gasteiger partial charge in [0.1, 0.15) is 23.1 Å². The normalized spacial score (nSPS) is 21.0. The van der Waals surface area contributed by atoms with Gasteiger partial charge in [-0.2, -0.15) is 10.2 Å². The smallest absolute Gasteiger partial charge is 0.245 e. The molecule has 0 aromatic carbocycles. The maximum absolute atomic E-state index is 12.7. The average molecular weight is 351 g/mol. The van der Waals surface area contributed by atoms with Gasteiger partial charge in [-0.1, -0.05) is 0 Å². The predicted molar refractivity (Wildman–Crippen MR) is 97.6 cm³/mol. The molecule has 3 aromatic rings. The summed E-state index contributed by atoms with van der Waals surface area (Å²) in [6.07, 6.45) is 5.96. The van der Waals surface area contributed by atoms with E-state index in [4.69, 9.17) is 4.98 Å². The lowest BCUT2D eigenvalue weighted by Crippen LogP contribution is -2.57. The molecule has 1 aliphatic heterocycles. The van der Waals surface area contributed by atoms with Crippen molar-refractivity contribution >= 4 is 22.8 Å². The number of amides is 1. The van der Waals surface area contributed by atoms with Crippen molar-refractivity contribution in [2.75, 3.05) is 25.0 Å². The highest BCUT2D eigenvalue weighted by Crippen LogP contribution is 2.39. The third kappa shape index (κ3) is 2.36. The second-order valence-electron chi connectivity index (χ2n) is 7.28. The lowest BCUT2D eigenvalue weighted by atomic mass is 10.1. The third-order valence-corrected chi connectivity index (χ3v) is 5.38. The summed E-state index contributed by atoms with van der Waals surface area (Å²) in [7, 11) is 3.77. The van der Waals surface area contributed by atoms with E-state index in [-0.39, 0.29) is 11.9 Å². The van der Waals surface area contributed by atoms with Crippen LogP contribution in [0.15, 0.2) is 24.5 Å². The number of anilines is 1.